The second-order valence-corrected chi connectivity index (χ2v) is 6.58. The van der Waals surface area contributed by atoms with E-state index in [0.717, 1.165) is 38.8 Å². The van der Waals surface area contributed by atoms with Gasteiger partial charge in [-0.3, -0.25) is 4.98 Å². The number of nitrogens with zero attached hydrogens (tertiary/aromatic N) is 4. The predicted molar refractivity (Wildman–Crippen MR) is 113 cm³/mol. The highest BCUT2D eigenvalue weighted by Crippen LogP contribution is 2.39. The van der Waals surface area contributed by atoms with E-state index in [1.54, 1.807) is 20.4 Å². The van der Waals surface area contributed by atoms with E-state index in [0.29, 0.717) is 11.5 Å². The summed E-state index contributed by atoms with van der Waals surface area (Å²) in [5.41, 5.74) is 3.47. The largest absolute Gasteiger partial charge is 0.493 e. The minimum Gasteiger partial charge on any atom is -0.493 e. The predicted octanol–water partition coefficient (Wildman–Crippen LogP) is 4.65. The van der Waals surface area contributed by atoms with Crippen molar-refractivity contribution < 1.29 is 9.47 Å². The van der Waals surface area contributed by atoms with Gasteiger partial charge in [-0.25, -0.2) is 9.67 Å². The Balaban J connectivity index is 1.91. The Morgan fingerprint density at radius 2 is 1.55 bits per heavy atom. The van der Waals surface area contributed by atoms with Gasteiger partial charge in [-0.2, -0.15) is 5.10 Å². The van der Waals surface area contributed by atoms with Gasteiger partial charge in [0.15, 0.2) is 17.1 Å². The monoisotopic (exact) mass is 382 g/mol. The Labute approximate surface area is 167 Å². The molecule has 29 heavy (non-hydrogen) atoms. The fraction of sp³-hybridized carbons (Fsp3) is 0.0870. The summed E-state index contributed by atoms with van der Waals surface area (Å²) >= 11 is 0. The smallest absolute Gasteiger partial charge is 0.164 e. The number of para-hydroxylation sites is 1. The number of methoxy groups -OCH3 is 2. The molecule has 0 amide bonds. The van der Waals surface area contributed by atoms with Crippen molar-refractivity contribution in [2.75, 3.05) is 14.2 Å². The molecule has 0 saturated carbocycles. The molecule has 0 aliphatic heterocycles. The average molecular weight is 382 g/mol. The summed E-state index contributed by atoms with van der Waals surface area (Å²) in [6.07, 6.45) is 5.41. The highest BCUT2D eigenvalue weighted by Gasteiger charge is 2.18. The van der Waals surface area contributed by atoms with Crippen molar-refractivity contribution in [2.24, 2.45) is 0 Å². The Morgan fingerprint density at radius 1 is 0.793 bits per heavy atom. The molecular formula is C23H18N4O2. The molecule has 6 heteroatoms. The van der Waals surface area contributed by atoms with Gasteiger partial charge in [0.2, 0.25) is 0 Å². The molecule has 3 heterocycles. The first-order chi connectivity index (χ1) is 14.3. The van der Waals surface area contributed by atoms with Gasteiger partial charge >= 0.3 is 0 Å². The maximum absolute atomic E-state index is 5.55. The van der Waals surface area contributed by atoms with E-state index in [9.17, 15) is 0 Å². The third kappa shape index (κ3) is 2.77. The molecule has 0 atom stereocenters. The second-order valence-electron chi connectivity index (χ2n) is 6.58. The Morgan fingerprint density at radius 3 is 2.24 bits per heavy atom. The van der Waals surface area contributed by atoms with Crippen molar-refractivity contribution in [2.45, 2.75) is 0 Å². The SMILES string of the molecule is COc1cc2c(-c3cccnc3)nc3c(cnn3-c3ccccc3)c2cc1OC. The molecule has 0 bridgehead atoms. The van der Waals surface area contributed by atoms with E-state index < -0.39 is 0 Å². The molecule has 0 spiro atoms. The molecule has 2 aromatic carbocycles. The van der Waals surface area contributed by atoms with Crippen molar-refractivity contribution in [1.82, 2.24) is 19.7 Å². The molecule has 5 aromatic rings. The summed E-state index contributed by atoms with van der Waals surface area (Å²) < 4.78 is 12.9. The van der Waals surface area contributed by atoms with Crippen LogP contribution in [0.4, 0.5) is 0 Å². The number of pyridine rings is 2. The van der Waals surface area contributed by atoms with Gasteiger partial charge in [-0.05, 0) is 36.4 Å². The lowest BCUT2D eigenvalue weighted by Gasteiger charge is -2.13. The number of ether oxygens (including phenoxy) is 2. The van der Waals surface area contributed by atoms with Crippen LogP contribution in [0.15, 0.2) is 73.2 Å². The minimum absolute atomic E-state index is 0.654. The number of hydrogen-bond acceptors (Lipinski definition) is 5. The molecule has 0 N–H and O–H groups in total. The van der Waals surface area contributed by atoms with Crippen LogP contribution in [0.5, 0.6) is 11.5 Å². The molecule has 3 aromatic heterocycles. The Bertz CT molecular complexity index is 1320. The van der Waals surface area contributed by atoms with Gasteiger partial charge < -0.3 is 9.47 Å². The highest BCUT2D eigenvalue weighted by molar-refractivity contribution is 6.11. The summed E-state index contributed by atoms with van der Waals surface area (Å²) in [4.78, 5) is 9.28. The summed E-state index contributed by atoms with van der Waals surface area (Å²) in [6, 6.07) is 17.8. The van der Waals surface area contributed by atoms with Crippen molar-refractivity contribution in [3.63, 3.8) is 0 Å². The Kier molecular flexibility index (Phi) is 4.09. The van der Waals surface area contributed by atoms with Gasteiger partial charge in [0, 0.05) is 34.1 Å². The average Bonchev–Trinajstić information content (AvgIpc) is 3.23. The van der Waals surface area contributed by atoms with Crippen LogP contribution in [-0.4, -0.2) is 34.0 Å². The lowest BCUT2D eigenvalue weighted by Crippen LogP contribution is -1.99. The fourth-order valence-corrected chi connectivity index (χ4v) is 3.58. The normalized spacial score (nSPS) is 11.1. The maximum atomic E-state index is 5.55. The van der Waals surface area contributed by atoms with Crippen molar-refractivity contribution in [3.8, 4) is 28.4 Å². The third-order valence-corrected chi connectivity index (χ3v) is 4.97. The molecule has 0 aliphatic carbocycles. The van der Waals surface area contributed by atoms with Crippen molar-refractivity contribution in [1.29, 1.82) is 0 Å². The van der Waals surface area contributed by atoms with E-state index in [4.69, 9.17) is 14.5 Å². The summed E-state index contributed by atoms with van der Waals surface area (Å²) in [6.45, 7) is 0. The van der Waals surface area contributed by atoms with Gasteiger partial charge in [0.25, 0.3) is 0 Å². The van der Waals surface area contributed by atoms with E-state index in [1.165, 1.54) is 0 Å². The molecule has 0 radical (unpaired) electrons. The number of aromatic nitrogens is 4. The minimum atomic E-state index is 0.654. The molecule has 0 aliphatic rings. The molecule has 5 rings (SSSR count). The van der Waals surface area contributed by atoms with Gasteiger partial charge in [0.05, 0.1) is 31.8 Å². The first-order valence-electron chi connectivity index (χ1n) is 9.19. The fourth-order valence-electron chi connectivity index (χ4n) is 3.58. The third-order valence-electron chi connectivity index (χ3n) is 4.97. The number of hydrogen-bond donors (Lipinski definition) is 0. The van der Waals surface area contributed by atoms with Gasteiger partial charge in [-0.15, -0.1) is 0 Å². The van der Waals surface area contributed by atoms with Gasteiger partial charge in [0.1, 0.15) is 0 Å². The van der Waals surface area contributed by atoms with E-state index in [2.05, 4.69) is 10.1 Å². The van der Waals surface area contributed by atoms with Crippen LogP contribution < -0.4 is 9.47 Å². The number of rotatable bonds is 4. The zero-order chi connectivity index (χ0) is 19.8. The van der Waals surface area contributed by atoms with Crippen LogP contribution >= 0.6 is 0 Å². The molecule has 0 saturated heterocycles. The molecule has 142 valence electrons. The number of fused-ring (bicyclic) bond motifs is 3. The second kappa shape index (κ2) is 6.91. The highest BCUT2D eigenvalue weighted by atomic mass is 16.5. The number of benzene rings is 2. The maximum Gasteiger partial charge on any atom is 0.164 e. The Hall–Kier alpha value is -3.93. The molecule has 0 unspecified atom stereocenters. The summed E-state index contributed by atoms with van der Waals surface area (Å²) in [7, 11) is 3.27. The van der Waals surface area contributed by atoms with E-state index >= 15 is 0 Å². The zero-order valence-corrected chi connectivity index (χ0v) is 16.0. The summed E-state index contributed by atoms with van der Waals surface area (Å²) in [5.74, 6) is 1.32. The zero-order valence-electron chi connectivity index (χ0n) is 16.0. The lowest BCUT2D eigenvalue weighted by atomic mass is 10.0. The summed E-state index contributed by atoms with van der Waals surface area (Å²) in [5, 5.41) is 7.51. The van der Waals surface area contributed by atoms with Crippen LogP contribution in [0, 0.1) is 0 Å². The molecular weight excluding hydrogens is 364 g/mol. The topological polar surface area (TPSA) is 62.1 Å². The van der Waals surface area contributed by atoms with Crippen molar-refractivity contribution in [3.05, 3.63) is 73.2 Å². The first kappa shape index (κ1) is 17.2. The quantitative estimate of drug-likeness (QED) is 0.453. The first-order valence-corrected chi connectivity index (χ1v) is 9.19. The lowest BCUT2D eigenvalue weighted by molar-refractivity contribution is 0.356. The van der Waals surface area contributed by atoms with Crippen LogP contribution in [0.25, 0.3) is 38.8 Å². The van der Waals surface area contributed by atoms with Gasteiger partial charge in [-0.1, -0.05) is 18.2 Å². The van der Waals surface area contributed by atoms with E-state index in [1.807, 2.05) is 71.7 Å². The van der Waals surface area contributed by atoms with Crippen molar-refractivity contribution >= 4 is 21.8 Å². The van der Waals surface area contributed by atoms with Crippen LogP contribution in [-0.2, 0) is 0 Å². The van der Waals surface area contributed by atoms with Crippen LogP contribution in [0.3, 0.4) is 0 Å². The van der Waals surface area contributed by atoms with Crippen LogP contribution in [0.2, 0.25) is 0 Å². The standard InChI is InChI=1S/C23H18N4O2/c1-28-20-11-17-18(12-21(20)29-2)22(15-7-6-10-24-13-15)26-23-19(17)14-25-27(23)16-8-4-3-5-9-16/h3-14H,1-2H3. The van der Waals surface area contributed by atoms with Crippen LogP contribution in [0.1, 0.15) is 0 Å². The van der Waals surface area contributed by atoms with E-state index in [-0.39, 0.29) is 0 Å². The molecule has 0 fully saturated rings. The molecule has 6 nitrogen and oxygen atoms in total.